The minimum absolute atomic E-state index is 0.186. The smallest absolute Gasteiger partial charge is 0.274 e. The molecule has 0 aliphatic heterocycles. The molecule has 1 aliphatic carbocycles. The van der Waals surface area contributed by atoms with Crippen LogP contribution in [0.2, 0.25) is 0 Å². The van der Waals surface area contributed by atoms with E-state index in [4.69, 9.17) is 0 Å². The van der Waals surface area contributed by atoms with Gasteiger partial charge in [0.1, 0.15) is 0 Å². The van der Waals surface area contributed by atoms with Gasteiger partial charge >= 0.3 is 0 Å². The molecular weight excluding hydrogens is 302 g/mol. The Kier molecular flexibility index (Phi) is 3.23. The van der Waals surface area contributed by atoms with Crippen LogP contribution in [0.25, 0.3) is 10.8 Å². The van der Waals surface area contributed by atoms with Crippen LogP contribution in [0.3, 0.4) is 0 Å². The van der Waals surface area contributed by atoms with Gasteiger partial charge in [-0.25, -0.2) is 5.43 Å². The summed E-state index contributed by atoms with van der Waals surface area (Å²) in [5.41, 5.74) is 4.05. The summed E-state index contributed by atoms with van der Waals surface area (Å²) in [7, 11) is 0. The SMILES string of the molecule is CC(=O)Nn1nc(C2(c3ccccc3)CC2)c2ccccc2c1=O. The number of fused-ring (bicyclic) bond motifs is 1. The maximum absolute atomic E-state index is 12.6. The lowest BCUT2D eigenvalue weighted by molar-refractivity contribution is -0.115. The van der Waals surface area contributed by atoms with Crippen LogP contribution in [-0.2, 0) is 10.2 Å². The molecule has 1 amide bonds. The van der Waals surface area contributed by atoms with E-state index in [0.717, 1.165) is 28.7 Å². The maximum atomic E-state index is 12.6. The third-order valence-corrected chi connectivity index (χ3v) is 4.60. The molecule has 5 heteroatoms. The summed E-state index contributed by atoms with van der Waals surface area (Å²) >= 11 is 0. The summed E-state index contributed by atoms with van der Waals surface area (Å²) in [6.45, 7) is 1.37. The first kappa shape index (κ1) is 14.6. The summed E-state index contributed by atoms with van der Waals surface area (Å²) in [6, 6.07) is 17.7. The second kappa shape index (κ2) is 5.30. The predicted octanol–water partition coefficient (Wildman–Crippen LogP) is 2.57. The van der Waals surface area contributed by atoms with Crippen LogP contribution in [0.4, 0.5) is 0 Å². The number of hydrogen-bond donors (Lipinski definition) is 1. The van der Waals surface area contributed by atoms with Gasteiger partial charge in [-0.2, -0.15) is 5.10 Å². The van der Waals surface area contributed by atoms with Crippen molar-refractivity contribution in [3.63, 3.8) is 0 Å². The molecule has 4 rings (SSSR count). The molecule has 1 fully saturated rings. The number of carbonyl (C=O) groups excluding carboxylic acids is 1. The third kappa shape index (κ3) is 2.21. The van der Waals surface area contributed by atoms with Crippen LogP contribution in [0.5, 0.6) is 0 Å². The first-order valence-electron chi connectivity index (χ1n) is 7.97. The highest BCUT2D eigenvalue weighted by atomic mass is 16.2. The van der Waals surface area contributed by atoms with Crippen LogP contribution in [0.1, 0.15) is 31.0 Å². The second-order valence-corrected chi connectivity index (χ2v) is 6.23. The van der Waals surface area contributed by atoms with Gasteiger partial charge in [0.05, 0.1) is 11.1 Å². The second-order valence-electron chi connectivity index (χ2n) is 6.23. The van der Waals surface area contributed by atoms with Crippen molar-refractivity contribution < 1.29 is 4.79 Å². The van der Waals surface area contributed by atoms with Gasteiger partial charge in [-0.1, -0.05) is 48.5 Å². The molecule has 24 heavy (non-hydrogen) atoms. The molecule has 0 atom stereocenters. The van der Waals surface area contributed by atoms with Crippen molar-refractivity contribution in [1.82, 2.24) is 9.89 Å². The molecule has 3 aromatic rings. The average molecular weight is 319 g/mol. The highest BCUT2D eigenvalue weighted by molar-refractivity contribution is 5.86. The Labute approximate surface area is 138 Å². The normalized spacial score (nSPS) is 15.2. The molecule has 120 valence electrons. The van der Waals surface area contributed by atoms with E-state index in [9.17, 15) is 9.59 Å². The molecular formula is C19H17N3O2. The summed E-state index contributed by atoms with van der Waals surface area (Å²) in [5, 5.41) is 5.94. The molecule has 1 saturated carbocycles. The minimum atomic E-state index is -0.324. The minimum Gasteiger partial charge on any atom is -0.274 e. The van der Waals surface area contributed by atoms with Gasteiger partial charge < -0.3 is 0 Å². The molecule has 0 spiro atoms. The van der Waals surface area contributed by atoms with E-state index in [0.29, 0.717) is 5.39 Å². The fourth-order valence-corrected chi connectivity index (χ4v) is 3.31. The molecule has 1 aliphatic rings. The maximum Gasteiger partial charge on any atom is 0.294 e. The predicted molar refractivity (Wildman–Crippen MR) is 92.5 cm³/mol. The molecule has 1 aromatic heterocycles. The van der Waals surface area contributed by atoms with Crippen molar-refractivity contribution in [2.24, 2.45) is 0 Å². The van der Waals surface area contributed by atoms with Crippen molar-refractivity contribution in [3.05, 3.63) is 76.2 Å². The van der Waals surface area contributed by atoms with E-state index < -0.39 is 0 Å². The Morgan fingerprint density at radius 1 is 1.04 bits per heavy atom. The van der Waals surface area contributed by atoms with E-state index in [1.165, 1.54) is 12.5 Å². The molecule has 0 bridgehead atoms. The molecule has 1 heterocycles. The molecule has 0 radical (unpaired) electrons. The van der Waals surface area contributed by atoms with E-state index in [-0.39, 0.29) is 16.9 Å². The fraction of sp³-hybridized carbons (Fsp3) is 0.211. The number of rotatable bonds is 3. The largest absolute Gasteiger partial charge is 0.294 e. The lowest BCUT2D eigenvalue weighted by Crippen LogP contribution is -2.36. The summed E-state index contributed by atoms with van der Waals surface area (Å²) in [6.07, 6.45) is 1.96. The average Bonchev–Trinajstić information content (AvgIpc) is 3.40. The summed E-state index contributed by atoms with van der Waals surface area (Å²) in [5.74, 6) is -0.324. The Bertz CT molecular complexity index is 988. The fourth-order valence-electron chi connectivity index (χ4n) is 3.31. The number of hydrogen-bond acceptors (Lipinski definition) is 3. The van der Waals surface area contributed by atoms with Gasteiger partial charge in [0, 0.05) is 17.7 Å². The van der Waals surface area contributed by atoms with Gasteiger partial charge in [0.25, 0.3) is 5.56 Å². The monoisotopic (exact) mass is 319 g/mol. The van der Waals surface area contributed by atoms with Crippen LogP contribution < -0.4 is 11.0 Å². The van der Waals surface area contributed by atoms with E-state index in [1.54, 1.807) is 6.07 Å². The van der Waals surface area contributed by atoms with Crippen molar-refractivity contribution in [1.29, 1.82) is 0 Å². The van der Waals surface area contributed by atoms with E-state index in [1.807, 2.05) is 36.4 Å². The Morgan fingerprint density at radius 2 is 1.67 bits per heavy atom. The zero-order chi connectivity index (χ0) is 16.7. The Balaban J connectivity index is 2.00. The molecule has 5 nitrogen and oxygen atoms in total. The standard InChI is InChI=1S/C19H17N3O2/c1-13(23)20-22-18(24)16-10-6-5-9-15(16)17(21-22)19(11-12-19)14-7-3-2-4-8-14/h2-10H,11-12H2,1H3,(H,20,23). The van der Waals surface area contributed by atoms with Gasteiger partial charge in [-0.3, -0.25) is 9.59 Å². The molecule has 2 aromatic carbocycles. The quantitative estimate of drug-likeness (QED) is 0.807. The van der Waals surface area contributed by atoms with Gasteiger partial charge in [-0.05, 0) is 24.5 Å². The molecule has 0 saturated heterocycles. The number of carbonyl (C=O) groups is 1. The zero-order valence-electron chi connectivity index (χ0n) is 13.3. The van der Waals surface area contributed by atoms with Crippen molar-refractivity contribution in [2.45, 2.75) is 25.2 Å². The van der Waals surface area contributed by atoms with Crippen molar-refractivity contribution in [3.8, 4) is 0 Å². The van der Waals surface area contributed by atoms with Crippen LogP contribution in [-0.4, -0.2) is 15.8 Å². The molecule has 1 N–H and O–H groups in total. The lowest BCUT2D eigenvalue weighted by Gasteiger charge is -2.19. The highest BCUT2D eigenvalue weighted by Crippen LogP contribution is 2.53. The Hall–Kier alpha value is -2.95. The zero-order valence-corrected chi connectivity index (χ0v) is 13.3. The topological polar surface area (TPSA) is 64.0 Å². The highest BCUT2D eigenvalue weighted by Gasteiger charge is 2.48. The summed E-state index contributed by atoms with van der Waals surface area (Å²) < 4.78 is 0. The molecule has 0 unspecified atom stereocenters. The first-order valence-corrected chi connectivity index (χ1v) is 7.97. The van der Waals surface area contributed by atoms with Gasteiger partial charge in [-0.15, -0.1) is 4.79 Å². The van der Waals surface area contributed by atoms with Crippen LogP contribution >= 0.6 is 0 Å². The van der Waals surface area contributed by atoms with Gasteiger partial charge in [0.2, 0.25) is 5.91 Å². The van der Waals surface area contributed by atoms with Crippen molar-refractivity contribution in [2.75, 3.05) is 5.43 Å². The first-order chi connectivity index (χ1) is 11.6. The Morgan fingerprint density at radius 3 is 2.29 bits per heavy atom. The van der Waals surface area contributed by atoms with E-state index in [2.05, 4.69) is 22.7 Å². The number of amides is 1. The third-order valence-electron chi connectivity index (χ3n) is 4.60. The van der Waals surface area contributed by atoms with Crippen LogP contribution in [0, 0.1) is 0 Å². The van der Waals surface area contributed by atoms with E-state index >= 15 is 0 Å². The number of benzene rings is 2. The van der Waals surface area contributed by atoms with Crippen molar-refractivity contribution >= 4 is 16.7 Å². The number of nitrogens with one attached hydrogen (secondary N) is 1. The number of aromatic nitrogens is 2. The van der Waals surface area contributed by atoms with Crippen LogP contribution in [0.15, 0.2) is 59.4 Å². The lowest BCUT2D eigenvalue weighted by atomic mass is 9.89. The number of nitrogens with zero attached hydrogens (tertiary/aromatic N) is 2. The summed E-state index contributed by atoms with van der Waals surface area (Å²) in [4.78, 5) is 25.1. The van der Waals surface area contributed by atoms with Gasteiger partial charge in [0.15, 0.2) is 0 Å².